The van der Waals surface area contributed by atoms with E-state index >= 15 is 0 Å². The van der Waals surface area contributed by atoms with Crippen molar-refractivity contribution in [2.45, 2.75) is 182 Å². The first-order chi connectivity index (χ1) is 27.4. The molecular formula is C46H76N2O8. The van der Waals surface area contributed by atoms with Crippen molar-refractivity contribution in [3.8, 4) is 34.5 Å². The number of aromatic hydroxyl groups is 2. The molecule has 10 heteroatoms. The van der Waals surface area contributed by atoms with Gasteiger partial charge in [-0.15, -0.1) is 0 Å². The average molecular weight is 785 g/mol. The lowest BCUT2D eigenvalue weighted by Gasteiger charge is -2.16. The minimum Gasteiger partial charge on any atom is -0.502 e. The maximum atomic E-state index is 13.5. The molecule has 0 aromatic heterocycles. The summed E-state index contributed by atoms with van der Waals surface area (Å²) < 4.78 is 23.8. The first kappa shape index (κ1) is 48.3. The molecule has 2 aromatic carbocycles. The fourth-order valence-electron chi connectivity index (χ4n) is 6.38. The molecule has 0 bridgehead atoms. The van der Waals surface area contributed by atoms with Gasteiger partial charge in [0.2, 0.25) is 11.5 Å². The third-order valence-electron chi connectivity index (χ3n) is 9.92. The third-order valence-corrected chi connectivity index (χ3v) is 9.92. The number of ether oxygens (including phenoxy) is 4. The first-order valence-corrected chi connectivity index (χ1v) is 22.2. The lowest BCUT2D eigenvalue weighted by molar-refractivity contribution is 0.0845. The Kier molecular flexibility index (Phi) is 27.0. The second-order valence-corrected chi connectivity index (χ2v) is 15.0. The number of amides is 2. The van der Waals surface area contributed by atoms with Crippen molar-refractivity contribution < 1.29 is 38.7 Å². The second-order valence-electron chi connectivity index (χ2n) is 15.0. The summed E-state index contributed by atoms with van der Waals surface area (Å²) in [5.41, 5.74) is 5.31. The minimum atomic E-state index is -0.606. The van der Waals surface area contributed by atoms with E-state index in [-0.39, 0.29) is 45.6 Å². The predicted molar refractivity (Wildman–Crippen MR) is 227 cm³/mol. The van der Waals surface area contributed by atoms with Gasteiger partial charge in [-0.3, -0.25) is 20.4 Å². The molecule has 2 amide bonds. The monoisotopic (exact) mass is 785 g/mol. The Morgan fingerprint density at radius 1 is 0.393 bits per heavy atom. The van der Waals surface area contributed by atoms with Crippen molar-refractivity contribution in [1.29, 1.82) is 0 Å². The van der Waals surface area contributed by atoms with Crippen LogP contribution in [0.3, 0.4) is 0 Å². The number of carbonyl (C=O) groups excluding carboxylic acids is 2. The maximum absolute atomic E-state index is 13.5. The van der Waals surface area contributed by atoms with E-state index in [1.165, 1.54) is 101 Å². The zero-order valence-electron chi connectivity index (χ0n) is 35.5. The predicted octanol–water partition coefficient (Wildman–Crippen LogP) is 12.1. The Balaban J connectivity index is 2.15. The Labute approximate surface area is 338 Å². The van der Waals surface area contributed by atoms with Crippen LogP contribution in [-0.2, 0) is 0 Å². The molecule has 56 heavy (non-hydrogen) atoms. The molecule has 2 rings (SSSR count). The molecule has 0 atom stereocenters. The number of nitrogens with one attached hydrogen (secondary N) is 2. The van der Waals surface area contributed by atoms with Gasteiger partial charge in [-0.1, -0.05) is 156 Å². The van der Waals surface area contributed by atoms with Gasteiger partial charge in [-0.05, 0) is 49.9 Å². The van der Waals surface area contributed by atoms with Crippen LogP contribution in [0.15, 0.2) is 24.3 Å². The summed E-state index contributed by atoms with van der Waals surface area (Å²) in [6, 6.07) is 5.87. The summed E-state index contributed by atoms with van der Waals surface area (Å²) in [4.78, 5) is 26.9. The van der Waals surface area contributed by atoms with Crippen molar-refractivity contribution >= 4 is 11.8 Å². The third kappa shape index (κ3) is 20.4. The van der Waals surface area contributed by atoms with Crippen LogP contribution in [0.1, 0.15) is 203 Å². The van der Waals surface area contributed by atoms with E-state index < -0.39 is 11.8 Å². The van der Waals surface area contributed by atoms with Crippen LogP contribution >= 0.6 is 0 Å². The summed E-state index contributed by atoms with van der Waals surface area (Å²) in [5, 5.41) is 22.1. The van der Waals surface area contributed by atoms with Gasteiger partial charge in [0.05, 0.1) is 26.4 Å². The zero-order chi connectivity index (χ0) is 40.6. The summed E-state index contributed by atoms with van der Waals surface area (Å²) in [6.07, 6.45) is 26.2. The highest BCUT2D eigenvalue weighted by molar-refractivity contribution is 6.00. The highest BCUT2D eigenvalue weighted by Crippen LogP contribution is 2.39. The Bertz CT molecular complexity index is 1170. The van der Waals surface area contributed by atoms with E-state index in [2.05, 4.69) is 38.5 Å². The number of phenols is 2. The van der Waals surface area contributed by atoms with Gasteiger partial charge in [-0.2, -0.15) is 0 Å². The fraction of sp³-hybridized carbons (Fsp3) is 0.696. The molecule has 0 heterocycles. The number of hydrogen-bond donors (Lipinski definition) is 4. The Hall–Kier alpha value is -3.82. The highest BCUT2D eigenvalue weighted by atomic mass is 16.5. The van der Waals surface area contributed by atoms with E-state index in [1.807, 2.05) is 0 Å². The largest absolute Gasteiger partial charge is 0.502 e. The van der Waals surface area contributed by atoms with E-state index in [0.717, 1.165) is 77.0 Å². The molecule has 10 nitrogen and oxygen atoms in total. The summed E-state index contributed by atoms with van der Waals surface area (Å²) in [7, 11) is 0. The van der Waals surface area contributed by atoms with Crippen molar-refractivity contribution in [2.75, 3.05) is 26.4 Å². The van der Waals surface area contributed by atoms with E-state index in [1.54, 1.807) is 0 Å². The number of phenolic OH excluding ortho intramolecular Hbond substituents is 2. The molecule has 0 aliphatic heterocycles. The van der Waals surface area contributed by atoms with Crippen molar-refractivity contribution in [3.05, 3.63) is 35.4 Å². The van der Waals surface area contributed by atoms with Crippen molar-refractivity contribution in [2.24, 2.45) is 0 Å². The number of carbonyl (C=O) groups is 2. The lowest BCUT2D eigenvalue weighted by Crippen LogP contribution is -2.41. The van der Waals surface area contributed by atoms with Gasteiger partial charge in [0, 0.05) is 11.1 Å². The van der Waals surface area contributed by atoms with Gasteiger partial charge in [0.15, 0.2) is 23.0 Å². The van der Waals surface area contributed by atoms with E-state index in [9.17, 15) is 19.8 Å². The van der Waals surface area contributed by atoms with Gasteiger partial charge < -0.3 is 29.2 Å². The van der Waals surface area contributed by atoms with Gasteiger partial charge in [-0.25, -0.2) is 0 Å². The summed E-state index contributed by atoms with van der Waals surface area (Å²) >= 11 is 0. The van der Waals surface area contributed by atoms with Gasteiger partial charge in [0.25, 0.3) is 11.8 Å². The quantitative estimate of drug-likeness (QED) is 0.0407. The van der Waals surface area contributed by atoms with Crippen LogP contribution < -0.4 is 29.8 Å². The standard InChI is InChI=1S/C46H76N2O8/c1-5-9-13-17-21-25-29-53-39-33-37(34-40(43(39)49)54-30-26-22-18-14-10-6-2)45(51)47-48-46(52)38-35-41(55-31-27-23-19-15-11-7-3)44(50)42(36-38)56-32-28-24-20-16-12-8-4/h33-36,49-50H,5-32H2,1-4H3,(H,47,51)(H,48,52). The minimum absolute atomic E-state index is 0.145. The zero-order valence-corrected chi connectivity index (χ0v) is 35.5. The number of unbranched alkanes of at least 4 members (excludes halogenated alkanes) is 20. The maximum Gasteiger partial charge on any atom is 0.269 e. The van der Waals surface area contributed by atoms with Gasteiger partial charge in [0.1, 0.15) is 0 Å². The summed E-state index contributed by atoms with van der Waals surface area (Å²) in [5.74, 6) is -0.861. The second kappa shape index (κ2) is 31.3. The molecule has 0 spiro atoms. The molecule has 0 saturated heterocycles. The number of rotatable bonds is 34. The molecule has 318 valence electrons. The molecule has 0 fully saturated rings. The van der Waals surface area contributed by atoms with Crippen LogP contribution in [0.4, 0.5) is 0 Å². The SMILES string of the molecule is CCCCCCCCOc1cc(C(=O)NNC(=O)c2cc(OCCCCCCCC)c(O)c(OCCCCCCCC)c2)cc(OCCCCCCCC)c1O. The number of benzene rings is 2. The molecule has 0 aliphatic carbocycles. The molecule has 0 saturated carbocycles. The Morgan fingerprint density at radius 3 is 0.839 bits per heavy atom. The van der Waals surface area contributed by atoms with Crippen LogP contribution in [0.2, 0.25) is 0 Å². The molecule has 4 N–H and O–H groups in total. The molecule has 0 unspecified atom stereocenters. The van der Waals surface area contributed by atoms with E-state index in [0.29, 0.717) is 26.4 Å². The van der Waals surface area contributed by atoms with Crippen LogP contribution in [0.5, 0.6) is 34.5 Å². The summed E-state index contributed by atoms with van der Waals surface area (Å²) in [6.45, 7) is 10.3. The van der Waals surface area contributed by atoms with Crippen LogP contribution in [-0.4, -0.2) is 48.5 Å². The normalized spacial score (nSPS) is 11.0. The van der Waals surface area contributed by atoms with Crippen molar-refractivity contribution in [1.82, 2.24) is 10.9 Å². The smallest absolute Gasteiger partial charge is 0.269 e. The highest BCUT2D eigenvalue weighted by Gasteiger charge is 2.20. The number of hydrogen-bond acceptors (Lipinski definition) is 8. The van der Waals surface area contributed by atoms with Crippen molar-refractivity contribution in [3.63, 3.8) is 0 Å². The molecule has 0 radical (unpaired) electrons. The molecular weight excluding hydrogens is 709 g/mol. The number of hydrazine groups is 1. The van der Waals surface area contributed by atoms with Crippen LogP contribution in [0, 0.1) is 0 Å². The molecule has 0 aliphatic rings. The molecule has 2 aromatic rings. The van der Waals surface area contributed by atoms with E-state index in [4.69, 9.17) is 18.9 Å². The van der Waals surface area contributed by atoms with Gasteiger partial charge >= 0.3 is 0 Å². The average Bonchev–Trinajstić information content (AvgIpc) is 3.20. The first-order valence-electron chi connectivity index (χ1n) is 22.2. The Morgan fingerprint density at radius 2 is 0.607 bits per heavy atom. The lowest BCUT2D eigenvalue weighted by atomic mass is 10.1. The van der Waals surface area contributed by atoms with Crippen LogP contribution in [0.25, 0.3) is 0 Å². The topological polar surface area (TPSA) is 136 Å². The fourth-order valence-corrected chi connectivity index (χ4v) is 6.38.